The molecule has 2 fully saturated rings. The van der Waals surface area contributed by atoms with Gasteiger partial charge in [-0.05, 0) is 19.8 Å². The number of anilines is 2. The van der Waals surface area contributed by atoms with Gasteiger partial charge in [0.15, 0.2) is 0 Å². The Hall–Kier alpha value is -1.36. The molecule has 1 spiro atoms. The quantitative estimate of drug-likeness (QED) is 0.816. The van der Waals surface area contributed by atoms with E-state index in [1.165, 1.54) is 25.7 Å². The zero-order valence-electron chi connectivity index (χ0n) is 10.9. The van der Waals surface area contributed by atoms with E-state index < -0.39 is 0 Å². The first-order valence-electron chi connectivity index (χ1n) is 6.67. The predicted molar refractivity (Wildman–Crippen MR) is 70.5 cm³/mol. The van der Waals surface area contributed by atoms with Crippen molar-refractivity contribution in [2.24, 2.45) is 0 Å². The van der Waals surface area contributed by atoms with Crippen LogP contribution in [0.5, 0.6) is 0 Å². The summed E-state index contributed by atoms with van der Waals surface area (Å²) in [4.78, 5) is 10.9. The Kier molecular flexibility index (Phi) is 2.86. The maximum absolute atomic E-state index is 6.02. The highest BCUT2D eigenvalue weighted by Crippen LogP contribution is 2.36. The number of rotatable bonds is 1. The van der Waals surface area contributed by atoms with Gasteiger partial charge in [-0.1, -0.05) is 12.8 Å². The third kappa shape index (κ3) is 2.14. The molecule has 0 bridgehead atoms. The van der Waals surface area contributed by atoms with Gasteiger partial charge in [0.2, 0.25) is 0 Å². The summed E-state index contributed by atoms with van der Waals surface area (Å²) >= 11 is 0. The Morgan fingerprint density at radius 1 is 1.33 bits per heavy atom. The molecule has 0 aromatic carbocycles. The van der Waals surface area contributed by atoms with Gasteiger partial charge in [0.05, 0.1) is 12.2 Å². The Morgan fingerprint density at radius 3 is 2.83 bits per heavy atom. The fraction of sp³-hybridized carbons (Fsp3) is 0.692. The molecule has 0 amide bonds. The van der Waals surface area contributed by atoms with Gasteiger partial charge < -0.3 is 15.4 Å². The van der Waals surface area contributed by atoms with Gasteiger partial charge in [-0.25, -0.2) is 9.97 Å². The molecule has 0 unspecified atom stereocenters. The van der Waals surface area contributed by atoms with Crippen LogP contribution >= 0.6 is 0 Å². The molecule has 2 N–H and O–H groups in total. The number of aryl methyl sites for hydroxylation is 1. The molecule has 0 radical (unpaired) electrons. The van der Waals surface area contributed by atoms with Gasteiger partial charge in [0, 0.05) is 19.2 Å². The zero-order valence-corrected chi connectivity index (χ0v) is 10.9. The second-order valence-electron chi connectivity index (χ2n) is 5.36. The Labute approximate surface area is 107 Å². The molecule has 5 nitrogen and oxygen atoms in total. The van der Waals surface area contributed by atoms with E-state index >= 15 is 0 Å². The Bertz CT molecular complexity index is 422. The summed E-state index contributed by atoms with van der Waals surface area (Å²) in [5.41, 5.74) is 5.86. The van der Waals surface area contributed by atoms with Crippen LogP contribution in [0.25, 0.3) is 0 Å². The number of aromatic nitrogens is 2. The van der Waals surface area contributed by atoms with Crippen LogP contribution in [-0.4, -0.2) is 35.3 Å². The average molecular weight is 248 g/mol. The second-order valence-corrected chi connectivity index (χ2v) is 5.36. The standard InChI is InChI=1S/C13H20N4O/c1-10-15-11(14)8-12(16-10)17-6-7-18-13(9-17)4-2-3-5-13/h8H,2-7,9H2,1H3,(H2,14,15,16). The topological polar surface area (TPSA) is 64.3 Å². The first-order valence-corrected chi connectivity index (χ1v) is 6.67. The van der Waals surface area contributed by atoms with E-state index in [1.54, 1.807) is 0 Å². The van der Waals surface area contributed by atoms with Crippen molar-refractivity contribution < 1.29 is 4.74 Å². The first-order chi connectivity index (χ1) is 8.67. The molecule has 1 aliphatic heterocycles. The summed E-state index contributed by atoms with van der Waals surface area (Å²) in [5.74, 6) is 2.22. The molecule has 98 valence electrons. The molecule has 3 rings (SSSR count). The number of nitrogens with zero attached hydrogens (tertiary/aromatic N) is 3. The number of nitrogens with two attached hydrogens (primary N) is 1. The van der Waals surface area contributed by atoms with Crippen LogP contribution < -0.4 is 10.6 Å². The number of hydrogen-bond donors (Lipinski definition) is 1. The summed E-state index contributed by atoms with van der Waals surface area (Å²) < 4.78 is 6.02. The molecule has 0 atom stereocenters. The Morgan fingerprint density at radius 2 is 2.11 bits per heavy atom. The predicted octanol–water partition coefficient (Wildman–Crippen LogP) is 1.52. The first kappa shape index (κ1) is 11.7. The van der Waals surface area contributed by atoms with Crippen molar-refractivity contribution in [3.8, 4) is 0 Å². The molecule has 1 aliphatic carbocycles. The summed E-state index contributed by atoms with van der Waals surface area (Å²) in [5, 5.41) is 0. The highest BCUT2D eigenvalue weighted by Gasteiger charge is 2.39. The maximum atomic E-state index is 6.02. The van der Waals surface area contributed by atoms with Gasteiger partial charge in [-0.2, -0.15) is 0 Å². The molecule has 5 heteroatoms. The zero-order chi connectivity index (χ0) is 12.6. The minimum Gasteiger partial charge on any atom is -0.384 e. The van der Waals surface area contributed by atoms with Crippen LogP contribution in [0.4, 0.5) is 11.6 Å². The van der Waals surface area contributed by atoms with Crippen molar-refractivity contribution in [2.45, 2.75) is 38.2 Å². The van der Waals surface area contributed by atoms with Gasteiger partial charge in [0.1, 0.15) is 17.5 Å². The van der Waals surface area contributed by atoms with E-state index in [4.69, 9.17) is 10.5 Å². The molecular formula is C13H20N4O. The Balaban J connectivity index is 1.83. The van der Waals surface area contributed by atoms with E-state index in [0.29, 0.717) is 5.82 Å². The van der Waals surface area contributed by atoms with E-state index in [0.717, 1.165) is 31.3 Å². The maximum Gasteiger partial charge on any atom is 0.134 e. The van der Waals surface area contributed by atoms with Crippen LogP contribution in [0.2, 0.25) is 0 Å². The summed E-state index contributed by atoms with van der Waals surface area (Å²) in [6.45, 7) is 4.48. The highest BCUT2D eigenvalue weighted by molar-refractivity contribution is 5.47. The minimum absolute atomic E-state index is 0.0614. The molecular weight excluding hydrogens is 228 g/mol. The fourth-order valence-electron chi connectivity index (χ4n) is 3.10. The lowest BCUT2D eigenvalue weighted by Crippen LogP contribution is -2.50. The van der Waals surface area contributed by atoms with E-state index in [1.807, 2.05) is 13.0 Å². The molecule has 1 aromatic rings. The van der Waals surface area contributed by atoms with Gasteiger partial charge in [-0.15, -0.1) is 0 Å². The third-order valence-electron chi connectivity index (χ3n) is 3.93. The van der Waals surface area contributed by atoms with Gasteiger partial charge >= 0.3 is 0 Å². The normalized spacial score (nSPS) is 22.6. The van der Waals surface area contributed by atoms with Crippen LogP contribution in [0.3, 0.4) is 0 Å². The number of hydrogen-bond acceptors (Lipinski definition) is 5. The highest BCUT2D eigenvalue weighted by atomic mass is 16.5. The van der Waals surface area contributed by atoms with Crippen molar-refractivity contribution in [2.75, 3.05) is 30.3 Å². The SMILES string of the molecule is Cc1nc(N)cc(N2CCOC3(CCCC3)C2)n1. The molecule has 18 heavy (non-hydrogen) atoms. The van der Waals surface area contributed by atoms with Crippen molar-refractivity contribution >= 4 is 11.6 Å². The number of morpholine rings is 1. The molecule has 2 aliphatic rings. The van der Waals surface area contributed by atoms with Crippen LogP contribution in [0.1, 0.15) is 31.5 Å². The average Bonchev–Trinajstić information content (AvgIpc) is 2.76. The molecule has 1 saturated carbocycles. The van der Waals surface area contributed by atoms with Crippen LogP contribution in [-0.2, 0) is 4.74 Å². The lowest BCUT2D eigenvalue weighted by atomic mass is 10.00. The molecule has 2 heterocycles. The van der Waals surface area contributed by atoms with Crippen LogP contribution in [0, 0.1) is 6.92 Å². The summed E-state index contributed by atoms with van der Waals surface area (Å²) in [7, 11) is 0. The van der Waals surface area contributed by atoms with Crippen molar-refractivity contribution in [1.82, 2.24) is 9.97 Å². The van der Waals surface area contributed by atoms with E-state index in [-0.39, 0.29) is 5.60 Å². The number of nitrogen functional groups attached to an aromatic ring is 1. The van der Waals surface area contributed by atoms with Crippen molar-refractivity contribution in [3.63, 3.8) is 0 Å². The monoisotopic (exact) mass is 248 g/mol. The van der Waals surface area contributed by atoms with Crippen molar-refractivity contribution in [1.29, 1.82) is 0 Å². The third-order valence-corrected chi connectivity index (χ3v) is 3.93. The van der Waals surface area contributed by atoms with Gasteiger partial charge in [0.25, 0.3) is 0 Å². The summed E-state index contributed by atoms with van der Waals surface area (Å²) in [6.07, 6.45) is 4.89. The molecule has 1 aromatic heterocycles. The van der Waals surface area contributed by atoms with Gasteiger partial charge in [-0.3, -0.25) is 0 Å². The van der Waals surface area contributed by atoms with Crippen LogP contribution in [0.15, 0.2) is 6.07 Å². The van der Waals surface area contributed by atoms with E-state index in [9.17, 15) is 0 Å². The lowest BCUT2D eigenvalue weighted by Gasteiger charge is -2.41. The lowest BCUT2D eigenvalue weighted by molar-refractivity contribution is -0.0503. The number of ether oxygens (including phenoxy) is 1. The van der Waals surface area contributed by atoms with E-state index in [2.05, 4.69) is 14.9 Å². The fourth-order valence-corrected chi connectivity index (χ4v) is 3.10. The van der Waals surface area contributed by atoms with Crippen molar-refractivity contribution in [3.05, 3.63) is 11.9 Å². The molecule has 1 saturated heterocycles. The summed E-state index contributed by atoms with van der Waals surface area (Å²) in [6, 6.07) is 1.86. The smallest absolute Gasteiger partial charge is 0.134 e. The minimum atomic E-state index is 0.0614. The second kappa shape index (κ2) is 4.39. The largest absolute Gasteiger partial charge is 0.384 e.